The molecule has 1 atom stereocenters. The summed E-state index contributed by atoms with van der Waals surface area (Å²) in [5.41, 5.74) is 0. The summed E-state index contributed by atoms with van der Waals surface area (Å²) in [5.74, 6) is 0.885. The van der Waals surface area contributed by atoms with Crippen LogP contribution in [0.1, 0.15) is 65.2 Å². The van der Waals surface area contributed by atoms with Crippen LogP contribution in [0.3, 0.4) is 0 Å². The van der Waals surface area contributed by atoms with Crippen molar-refractivity contribution in [2.75, 3.05) is 27.7 Å². The molecule has 0 radical (unpaired) electrons. The summed E-state index contributed by atoms with van der Waals surface area (Å²) >= 11 is 0. The SMILES string of the molecule is CCCCCCCCCC(C)C[N+](C)(C)C. The van der Waals surface area contributed by atoms with Crippen molar-refractivity contribution < 1.29 is 4.48 Å². The van der Waals surface area contributed by atoms with E-state index in [0.717, 1.165) is 10.4 Å². The van der Waals surface area contributed by atoms with Gasteiger partial charge in [0, 0.05) is 5.92 Å². The van der Waals surface area contributed by atoms with Gasteiger partial charge in [-0.05, 0) is 6.42 Å². The molecule has 16 heavy (non-hydrogen) atoms. The van der Waals surface area contributed by atoms with Crippen molar-refractivity contribution in [2.45, 2.75) is 65.2 Å². The first-order chi connectivity index (χ1) is 7.45. The minimum absolute atomic E-state index is 0.885. The normalized spacial score (nSPS) is 14.1. The van der Waals surface area contributed by atoms with Gasteiger partial charge in [-0.3, -0.25) is 0 Å². The fourth-order valence-electron chi connectivity index (χ4n) is 2.48. The van der Waals surface area contributed by atoms with Gasteiger partial charge in [-0.2, -0.15) is 0 Å². The van der Waals surface area contributed by atoms with E-state index < -0.39 is 0 Å². The van der Waals surface area contributed by atoms with E-state index >= 15 is 0 Å². The predicted molar refractivity (Wildman–Crippen MR) is 74.7 cm³/mol. The van der Waals surface area contributed by atoms with Gasteiger partial charge in [-0.25, -0.2) is 0 Å². The van der Waals surface area contributed by atoms with Crippen LogP contribution in [0.2, 0.25) is 0 Å². The summed E-state index contributed by atoms with van der Waals surface area (Å²) < 4.78 is 1.11. The van der Waals surface area contributed by atoms with Gasteiger partial charge in [-0.15, -0.1) is 0 Å². The first-order valence-electron chi connectivity index (χ1n) is 7.26. The second kappa shape index (κ2) is 9.04. The van der Waals surface area contributed by atoms with Crippen LogP contribution in [0.15, 0.2) is 0 Å². The van der Waals surface area contributed by atoms with Crippen LogP contribution in [0.4, 0.5) is 0 Å². The third-order valence-electron chi connectivity index (χ3n) is 3.16. The molecule has 98 valence electrons. The average molecular weight is 228 g/mol. The molecule has 0 aliphatic carbocycles. The molecule has 0 aromatic carbocycles. The van der Waals surface area contributed by atoms with Gasteiger partial charge in [0.2, 0.25) is 0 Å². The largest absolute Gasteiger partial charge is 0.331 e. The summed E-state index contributed by atoms with van der Waals surface area (Å²) in [6.07, 6.45) is 11.5. The van der Waals surface area contributed by atoms with Crippen molar-refractivity contribution in [3.8, 4) is 0 Å². The lowest BCUT2D eigenvalue weighted by molar-refractivity contribution is -0.873. The lowest BCUT2D eigenvalue weighted by Gasteiger charge is -2.27. The summed E-state index contributed by atoms with van der Waals surface area (Å²) in [5, 5.41) is 0. The molecule has 1 heteroatoms. The molecular formula is C15H34N+. The zero-order valence-corrected chi connectivity index (χ0v) is 12.4. The van der Waals surface area contributed by atoms with Crippen LogP contribution in [0, 0.1) is 5.92 Å². The lowest BCUT2D eigenvalue weighted by atomic mass is 10.0. The predicted octanol–water partition coefficient (Wildman–Crippen LogP) is 4.47. The minimum Gasteiger partial charge on any atom is -0.331 e. The highest BCUT2D eigenvalue weighted by Gasteiger charge is 2.12. The summed E-state index contributed by atoms with van der Waals surface area (Å²) in [4.78, 5) is 0. The molecule has 0 aliphatic rings. The van der Waals surface area contributed by atoms with E-state index in [1.165, 1.54) is 57.9 Å². The molecule has 0 fully saturated rings. The molecule has 0 aliphatic heterocycles. The maximum Gasteiger partial charge on any atom is 0.0806 e. The number of quaternary nitrogens is 1. The summed E-state index contributed by atoms with van der Waals surface area (Å²) in [6, 6.07) is 0. The van der Waals surface area contributed by atoms with E-state index in [0.29, 0.717) is 0 Å². The molecule has 0 saturated heterocycles. The molecule has 0 N–H and O–H groups in total. The Morgan fingerprint density at radius 2 is 1.31 bits per heavy atom. The molecule has 0 amide bonds. The Balaban J connectivity index is 3.25. The first kappa shape index (κ1) is 16.0. The highest BCUT2D eigenvalue weighted by molar-refractivity contribution is 4.53. The molecule has 0 saturated carbocycles. The van der Waals surface area contributed by atoms with Gasteiger partial charge in [0.1, 0.15) is 0 Å². The third kappa shape index (κ3) is 12.0. The average Bonchev–Trinajstić information content (AvgIpc) is 2.13. The number of hydrogen-bond acceptors (Lipinski definition) is 0. The van der Waals surface area contributed by atoms with Gasteiger partial charge in [0.15, 0.2) is 0 Å². The van der Waals surface area contributed by atoms with Crippen LogP contribution in [0.5, 0.6) is 0 Å². The Morgan fingerprint density at radius 3 is 1.81 bits per heavy atom. The van der Waals surface area contributed by atoms with Crippen LogP contribution < -0.4 is 0 Å². The maximum atomic E-state index is 2.40. The molecule has 0 bridgehead atoms. The molecule has 0 spiro atoms. The molecule has 0 aromatic heterocycles. The number of nitrogens with zero attached hydrogens (tertiary/aromatic N) is 1. The van der Waals surface area contributed by atoms with Gasteiger partial charge in [0.05, 0.1) is 27.7 Å². The Bertz CT molecular complexity index is 146. The summed E-state index contributed by atoms with van der Waals surface area (Å²) in [6.45, 7) is 6.00. The zero-order valence-electron chi connectivity index (χ0n) is 12.4. The van der Waals surface area contributed by atoms with Crippen LogP contribution in [0.25, 0.3) is 0 Å². The second-order valence-corrected chi connectivity index (χ2v) is 6.49. The van der Waals surface area contributed by atoms with E-state index in [9.17, 15) is 0 Å². The Kier molecular flexibility index (Phi) is 9.02. The highest BCUT2D eigenvalue weighted by atomic mass is 15.3. The van der Waals surface area contributed by atoms with E-state index in [1.807, 2.05) is 0 Å². The van der Waals surface area contributed by atoms with Crippen molar-refractivity contribution in [1.82, 2.24) is 0 Å². The van der Waals surface area contributed by atoms with E-state index in [1.54, 1.807) is 0 Å². The van der Waals surface area contributed by atoms with Crippen LogP contribution >= 0.6 is 0 Å². The topological polar surface area (TPSA) is 0 Å². The first-order valence-corrected chi connectivity index (χ1v) is 7.26. The molecule has 0 heterocycles. The van der Waals surface area contributed by atoms with Crippen molar-refractivity contribution in [2.24, 2.45) is 5.92 Å². The number of unbranched alkanes of at least 4 members (excludes halogenated alkanes) is 6. The van der Waals surface area contributed by atoms with Crippen molar-refractivity contribution >= 4 is 0 Å². The molecule has 0 rings (SSSR count). The van der Waals surface area contributed by atoms with Gasteiger partial charge in [-0.1, -0.05) is 58.8 Å². The number of rotatable bonds is 10. The minimum atomic E-state index is 0.885. The molecule has 1 unspecified atom stereocenters. The second-order valence-electron chi connectivity index (χ2n) is 6.49. The Morgan fingerprint density at radius 1 is 0.812 bits per heavy atom. The lowest BCUT2D eigenvalue weighted by Crippen LogP contribution is -2.38. The summed E-state index contributed by atoms with van der Waals surface area (Å²) in [7, 11) is 6.88. The van der Waals surface area contributed by atoms with Crippen LogP contribution in [-0.4, -0.2) is 32.2 Å². The molecule has 1 nitrogen and oxygen atoms in total. The fourth-order valence-corrected chi connectivity index (χ4v) is 2.48. The fraction of sp³-hybridized carbons (Fsp3) is 1.00. The van der Waals surface area contributed by atoms with Crippen molar-refractivity contribution in [1.29, 1.82) is 0 Å². The number of hydrogen-bond donors (Lipinski definition) is 0. The van der Waals surface area contributed by atoms with Crippen LogP contribution in [-0.2, 0) is 0 Å². The van der Waals surface area contributed by atoms with E-state index in [4.69, 9.17) is 0 Å². The Labute approximate surface area is 104 Å². The Hall–Kier alpha value is -0.0400. The van der Waals surface area contributed by atoms with E-state index in [2.05, 4.69) is 35.0 Å². The van der Waals surface area contributed by atoms with E-state index in [-0.39, 0.29) is 0 Å². The highest BCUT2D eigenvalue weighted by Crippen LogP contribution is 2.14. The van der Waals surface area contributed by atoms with Gasteiger partial charge < -0.3 is 4.48 Å². The standard InChI is InChI=1S/C15H34N/c1-6-7-8-9-10-11-12-13-15(2)14-16(3,4)5/h15H,6-14H2,1-5H3/q+1. The van der Waals surface area contributed by atoms with Gasteiger partial charge in [0.25, 0.3) is 0 Å². The smallest absolute Gasteiger partial charge is 0.0806 e. The molecular weight excluding hydrogens is 194 g/mol. The monoisotopic (exact) mass is 228 g/mol. The molecule has 0 aromatic rings. The zero-order chi connectivity index (χ0) is 12.4. The van der Waals surface area contributed by atoms with Gasteiger partial charge >= 0.3 is 0 Å². The quantitative estimate of drug-likeness (QED) is 0.382. The van der Waals surface area contributed by atoms with Crippen molar-refractivity contribution in [3.63, 3.8) is 0 Å². The maximum absolute atomic E-state index is 2.40. The van der Waals surface area contributed by atoms with Crippen molar-refractivity contribution in [3.05, 3.63) is 0 Å². The third-order valence-corrected chi connectivity index (χ3v) is 3.16.